The molecule has 0 radical (unpaired) electrons. The van der Waals surface area contributed by atoms with Crippen molar-refractivity contribution in [2.45, 2.75) is 13.8 Å². The van der Waals surface area contributed by atoms with E-state index in [1.807, 2.05) is 6.07 Å². The molecule has 0 aliphatic heterocycles. The van der Waals surface area contributed by atoms with E-state index >= 15 is 0 Å². The zero-order valence-corrected chi connectivity index (χ0v) is 8.13. The molecule has 0 aliphatic carbocycles. The maximum Gasteiger partial charge on any atom is 0.0851 e. The van der Waals surface area contributed by atoms with Crippen LogP contribution in [-0.4, -0.2) is 13.2 Å². The summed E-state index contributed by atoms with van der Waals surface area (Å²) in [7, 11) is 0. The number of rotatable bonds is 4. The van der Waals surface area contributed by atoms with Crippen molar-refractivity contribution in [3.05, 3.63) is 29.3 Å². The third-order valence-corrected chi connectivity index (χ3v) is 2.14. The molecule has 0 spiro atoms. The van der Waals surface area contributed by atoms with E-state index in [1.165, 1.54) is 11.1 Å². The van der Waals surface area contributed by atoms with Gasteiger partial charge in [0.05, 0.1) is 6.61 Å². The highest BCUT2D eigenvalue weighted by Gasteiger charge is 1.98. The minimum Gasteiger partial charge on any atom is -0.382 e. The first-order valence-electron chi connectivity index (χ1n) is 4.37. The van der Waals surface area contributed by atoms with Gasteiger partial charge in [0.2, 0.25) is 0 Å². The summed E-state index contributed by atoms with van der Waals surface area (Å²) >= 11 is 0. The molecule has 0 aliphatic rings. The fourth-order valence-electron chi connectivity index (χ4n) is 1.19. The summed E-state index contributed by atoms with van der Waals surface area (Å²) in [6.45, 7) is 5.45. The fraction of sp³-hybridized carbons (Fsp3) is 0.400. The van der Waals surface area contributed by atoms with Crippen molar-refractivity contribution in [2.75, 3.05) is 18.5 Å². The van der Waals surface area contributed by atoms with Crippen LogP contribution in [0, 0.1) is 13.8 Å². The van der Waals surface area contributed by atoms with E-state index in [4.69, 9.17) is 5.90 Å². The van der Waals surface area contributed by atoms with E-state index < -0.39 is 0 Å². The summed E-state index contributed by atoms with van der Waals surface area (Å²) in [6, 6.07) is 6.19. The van der Waals surface area contributed by atoms with Crippen LogP contribution in [0.4, 0.5) is 5.69 Å². The summed E-state index contributed by atoms with van der Waals surface area (Å²) < 4.78 is 0. The number of benzene rings is 1. The van der Waals surface area contributed by atoms with Crippen molar-refractivity contribution in [2.24, 2.45) is 5.90 Å². The normalized spacial score (nSPS) is 10.1. The molecule has 0 atom stereocenters. The van der Waals surface area contributed by atoms with Crippen molar-refractivity contribution in [3.63, 3.8) is 0 Å². The lowest BCUT2D eigenvalue weighted by atomic mass is 10.1. The van der Waals surface area contributed by atoms with Gasteiger partial charge >= 0.3 is 0 Å². The monoisotopic (exact) mass is 180 g/mol. The van der Waals surface area contributed by atoms with Crippen LogP contribution < -0.4 is 11.2 Å². The predicted molar refractivity (Wildman–Crippen MR) is 54.5 cm³/mol. The summed E-state index contributed by atoms with van der Waals surface area (Å²) in [4.78, 5) is 4.47. The molecule has 0 fully saturated rings. The molecule has 1 rings (SSSR count). The summed E-state index contributed by atoms with van der Waals surface area (Å²) in [6.07, 6.45) is 0. The summed E-state index contributed by atoms with van der Waals surface area (Å²) in [5.41, 5.74) is 3.72. The smallest absolute Gasteiger partial charge is 0.0851 e. The van der Waals surface area contributed by atoms with Gasteiger partial charge < -0.3 is 10.2 Å². The van der Waals surface area contributed by atoms with Crippen LogP contribution in [0.25, 0.3) is 0 Å². The number of aryl methyl sites for hydroxylation is 1. The highest BCUT2D eigenvalue weighted by molar-refractivity contribution is 5.53. The summed E-state index contributed by atoms with van der Waals surface area (Å²) in [5.74, 6) is 4.92. The van der Waals surface area contributed by atoms with Crippen molar-refractivity contribution < 1.29 is 4.84 Å². The second-order valence-electron chi connectivity index (χ2n) is 3.05. The van der Waals surface area contributed by atoms with Gasteiger partial charge in [-0.2, -0.15) is 0 Å². The van der Waals surface area contributed by atoms with Crippen molar-refractivity contribution in [1.29, 1.82) is 0 Å². The first kappa shape index (κ1) is 10.0. The van der Waals surface area contributed by atoms with Gasteiger partial charge in [0.15, 0.2) is 0 Å². The maximum absolute atomic E-state index is 4.92. The van der Waals surface area contributed by atoms with Gasteiger partial charge in [0.1, 0.15) is 0 Å². The highest BCUT2D eigenvalue weighted by atomic mass is 16.6. The van der Waals surface area contributed by atoms with Gasteiger partial charge in [-0.1, -0.05) is 12.1 Å². The van der Waals surface area contributed by atoms with E-state index in [1.54, 1.807) is 0 Å². The van der Waals surface area contributed by atoms with Crippen LogP contribution in [-0.2, 0) is 4.84 Å². The molecule has 3 N–H and O–H groups in total. The molecular formula is C10H16N2O. The Morgan fingerprint density at radius 3 is 2.85 bits per heavy atom. The molecule has 0 amide bonds. The molecule has 0 saturated heterocycles. The Bertz CT molecular complexity index is 274. The first-order chi connectivity index (χ1) is 6.25. The lowest BCUT2D eigenvalue weighted by Gasteiger charge is -2.10. The van der Waals surface area contributed by atoms with Gasteiger partial charge in [0.25, 0.3) is 0 Å². The van der Waals surface area contributed by atoms with Gasteiger partial charge in [-0.3, -0.25) is 0 Å². The molecule has 0 saturated carbocycles. The van der Waals surface area contributed by atoms with Crippen LogP contribution in [0.3, 0.4) is 0 Å². The molecule has 13 heavy (non-hydrogen) atoms. The average molecular weight is 180 g/mol. The molecule has 0 aromatic heterocycles. The van der Waals surface area contributed by atoms with Crippen molar-refractivity contribution in [3.8, 4) is 0 Å². The standard InChI is InChI=1S/C10H16N2O/c1-8-4-3-5-10(9(8)2)12-6-7-13-11/h3-5,12H,6-7,11H2,1-2H3. The van der Waals surface area contributed by atoms with Crippen LogP contribution in [0.15, 0.2) is 18.2 Å². The molecule has 0 heterocycles. The van der Waals surface area contributed by atoms with E-state index in [0.29, 0.717) is 6.61 Å². The van der Waals surface area contributed by atoms with Crippen molar-refractivity contribution >= 4 is 5.69 Å². The Kier molecular flexibility index (Phi) is 3.73. The van der Waals surface area contributed by atoms with E-state index in [9.17, 15) is 0 Å². The van der Waals surface area contributed by atoms with E-state index in [2.05, 4.69) is 36.1 Å². The average Bonchev–Trinajstić information content (AvgIpc) is 2.13. The Hall–Kier alpha value is -1.06. The molecule has 0 bridgehead atoms. The molecule has 72 valence electrons. The molecule has 1 aromatic rings. The van der Waals surface area contributed by atoms with Crippen molar-refractivity contribution in [1.82, 2.24) is 0 Å². The van der Waals surface area contributed by atoms with Crippen LogP contribution in [0.2, 0.25) is 0 Å². The highest BCUT2D eigenvalue weighted by Crippen LogP contribution is 2.17. The second kappa shape index (κ2) is 4.84. The van der Waals surface area contributed by atoms with Gasteiger partial charge in [0, 0.05) is 12.2 Å². The lowest BCUT2D eigenvalue weighted by molar-refractivity contribution is 0.148. The first-order valence-corrected chi connectivity index (χ1v) is 4.37. The molecule has 0 unspecified atom stereocenters. The van der Waals surface area contributed by atoms with Crippen LogP contribution in [0.5, 0.6) is 0 Å². The topological polar surface area (TPSA) is 47.3 Å². The quantitative estimate of drug-likeness (QED) is 0.546. The zero-order chi connectivity index (χ0) is 9.68. The maximum atomic E-state index is 4.92. The van der Waals surface area contributed by atoms with Gasteiger partial charge in [-0.25, -0.2) is 5.90 Å². The Balaban J connectivity index is 2.61. The summed E-state index contributed by atoms with van der Waals surface area (Å²) in [5, 5.41) is 3.25. The molecule has 3 nitrogen and oxygen atoms in total. The zero-order valence-electron chi connectivity index (χ0n) is 8.13. The second-order valence-corrected chi connectivity index (χ2v) is 3.05. The number of hydrogen-bond donors (Lipinski definition) is 2. The van der Waals surface area contributed by atoms with E-state index in [-0.39, 0.29) is 0 Å². The molecule has 1 aromatic carbocycles. The predicted octanol–water partition coefficient (Wildman–Crippen LogP) is 1.61. The van der Waals surface area contributed by atoms with Gasteiger partial charge in [-0.05, 0) is 31.0 Å². The minimum absolute atomic E-state index is 0.521. The number of nitrogens with two attached hydrogens (primary N) is 1. The Morgan fingerprint density at radius 2 is 2.15 bits per heavy atom. The Morgan fingerprint density at radius 1 is 1.38 bits per heavy atom. The largest absolute Gasteiger partial charge is 0.382 e. The number of nitrogens with one attached hydrogen (secondary N) is 1. The van der Waals surface area contributed by atoms with Crippen LogP contribution in [0.1, 0.15) is 11.1 Å². The number of hydrogen-bond acceptors (Lipinski definition) is 3. The Labute approximate surface area is 78.8 Å². The third-order valence-electron chi connectivity index (χ3n) is 2.14. The van der Waals surface area contributed by atoms with Crippen LogP contribution >= 0.6 is 0 Å². The lowest BCUT2D eigenvalue weighted by Crippen LogP contribution is -2.12. The van der Waals surface area contributed by atoms with Gasteiger partial charge in [-0.15, -0.1) is 0 Å². The SMILES string of the molecule is Cc1cccc(NCCON)c1C. The molecule has 3 heteroatoms. The fourth-order valence-corrected chi connectivity index (χ4v) is 1.19. The number of anilines is 1. The molecular weight excluding hydrogens is 164 g/mol. The minimum atomic E-state index is 0.521. The third kappa shape index (κ3) is 2.72. The van der Waals surface area contributed by atoms with E-state index in [0.717, 1.165) is 12.2 Å².